The number of hydrogen-bond donors (Lipinski definition) is 2. The lowest BCUT2D eigenvalue weighted by Gasteiger charge is -2.25. The van der Waals surface area contributed by atoms with Gasteiger partial charge in [0.2, 0.25) is 0 Å². The van der Waals surface area contributed by atoms with Gasteiger partial charge >= 0.3 is 0 Å². The minimum absolute atomic E-state index is 0.143. The molecule has 5 aromatic carbocycles. The molecule has 1 unspecified atom stereocenters. The van der Waals surface area contributed by atoms with Crippen LogP contribution in [0.2, 0.25) is 0 Å². The van der Waals surface area contributed by atoms with E-state index < -0.39 is 0 Å². The summed E-state index contributed by atoms with van der Waals surface area (Å²) in [4.78, 5) is 0. The molecule has 0 aromatic heterocycles. The summed E-state index contributed by atoms with van der Waals surface area (Å²) in [5.41, 5.74) is 8.90. The van der Waals surface area contributed by atoms with Gasteiger partial charge in [0.25, 0.3) is 0 Å². The van der Waals surface area contributed by atoms with E-state index in [-0.39, 0.29) is 6.17 Å². The Bertz CT molecular complexity index is 1380. The molecule has 0 amide bonds. The normalized spacial score (nSPS) is 11.4. The van der Waals surface area contributed by atoms with E-state index in [1.165, 1.54) is 22.3 Å². The Kier molecular flexibility index (Phi) is 6.72. The highest BCUT2D eigenvalue weighted by Crippen LogP contribution is 2.35. The molecule has 0 bridgehead atoms. The summed E-state index contributed by atoms with van der Waals surface area (Å²) in [6.45, 7) is 4.30. The number of anilines is 1. The maximum Gasteiger partial charge on any atom is 0.123 e. The summed E-state index contributed by atoms with van der Waals surface area (Å²) in [5.74, 6) is 0. The van der Waals surface area contributed by atoms with Crippen LogP contribution in [-0.2, 0) is 0 Å². The summed E-state index contributed by atoms with van der Waals surface area (Å²) in [6, 6.07) is 48.3. The summed E-state index contributed by atoms with van der Waals surface area (Å²) < 4.78 is 0. The minimum atomic E-state index is -0.143. The Hall–Kier alpha value is -4.56. The molecule has 0 radical (unpaired) electrons. The van der Waals surface area contributed by atoms with Gasteiger partial charge in [-0.1, -0.05) is 134 Å². The third-order valence-electron chi connectivity index (χ3n) is 6.07. The summed E-state index contributed by atoms with van der Waals surface area (Å²) in [6.07, 6.45) is -0.143. The molecule has 0 aliphatic heterocycles. The Labute approximate surface area is 207 Å². The van der Waals surface area contributed by atoms with Crippen molar-refractivity contribution in [2.75, 3.05) is 5.32 Å². The van der Waals surface area contributed by atoms with Gasteiger partial charge in [0.15, 0.2) is 0 Å². The molecule has 2 heteroatoms. The second-order valence-corrected chi connectivity index (χ2v) is 8.47. The van der Waals surface area contributed by atoms with E-state index >= 15 is 0 Å². The predicted octanol–water partition coefficient (Wildman–Crippen LogP) is 8.39. The quantitative estimate of drug-likeness (QED) is 0.231. The van der Waals surface area contributed by atoms with Gasteiger partial charge in [0, 0.05) is 11.4 Å². The van der Waals surface area contributed by atoms with Crippen LogP contribution in [-0.4, -0.2) is 0 Å². The van der Waals surface area contributed by atoms with Crippen molar-refractivity contribution >= 4 is 11.4 Å². The second-order valence-electron chi connectivity index (χ2n) is 8.47. The highest BCUT2D eigenvalue weighted by atomic mass is 15.1. The molecule has 5 rings (SSSR count). The second kappa shape index (κ2) is 10.6. The lowest BCUT2D eigenvalue weighted by atomic mass is 9.94. The van der Waals surface area contributed by atoms with Crippen molar-refractivity contribution in [1.29, 1.82) is 0 Å². The van der Waals surface area contributed by atoms with Crippen molar-refractivity contribution in [3.63, 3.8) is 0 Å². The number of nitrogens with one attached hydrogen (secondary N) is 2. The Morgan fingerprint density at radius 2 is 1.06 bits per heavy atom. The van der Waals surface area contributed by atoms with Crippen LogP contribution in [0.5, 0.6) is 0 Å². The van der Waals surface area contributed by atoms with Crippen LogP contribution in [0.4, 0.5) is 5.69 Å². The van der Waals surface area contributed by atoms with Gasteiger partial charge in [0.05, 0.1) is 0 Å². The maximum atomic E-state index is 4.30. The molecule has 0 aliphatic carbocycles. The van der Waals surface area contributed by atoms with Crippen LogP contribution in [0, 0.1) is 0 Å². The van der Waals surface area contributed by atoms with Crippen molar-refractivity contribution in [2.45, 2.75) is 6.17 Å². The molecule has 0 aliphatic rings. The van der Waals surface area contributed by atoms with E-state index in [1.54, 1.807) is 0 Å². The Balaban J connectivity index is 1.51. The zero-order chi connectivity index (χ0) is 23.9. The first-order chi connectivity index (χ1) is 17.3. The van der Waals surface area contributed by atoms with Crippen LogP contribution >= 0.6 is 0 Å². The fourth-order valence-corrected chi connectivity index (χ4v) is 4.27. The molecule has 0 saturated heterocycles. The molecule has 0 heterocycles. The van der Waals surface area contributed by atoms with Crippen molar-refractivity contribution in [2.24, 2.45) is 0 Å². The summed E-state index contributed by atoms with van der Waals surface area (Å²) >= 11 is 0. The molecule has 2 N–H and O–H groups in total. The van der Waals surface area contributed by atoms with E-state index in [1.807, 2.05) is 24.3 Å². The number of rotatable bonds is 8. The molecule has 5 aromatic rings. The van der Waals surface area contributed by atoms with Crippen molar-refractivity contribution < 1.29 is 0 Å². The van der Waals surface area contributed by atoms with Crippen LogP contribution in [0.1, 0.15) is 17.3 Å². The van der Waals surface area contributed by atoms with Gasteiger partial charge in [-0.05, 0) is 45.5 Å². The highest BCUT2D eigenvalue weighted by Gasteiger charge is 2.15. The number of benzene rings is 5. The van der Waals surface area contributed by atoms with Gasteiger partial charge in [-0.2, -0.15) is 0 Å². The zero-order valence-corrected chi connectivity index (χ0v) is 19.6. The predicted molar refractivity (Wildman–Crippen MR) is 149 cm³/mol. The summed E-state index contributed by atoms with van der Waals surface area (Å²) in [5, 5.41) is 7.31. The van der Waals surface area contributed by atoms with Gasteiger partial charge in [-0.3, -0.25) is 0 Å². The van der Waals surface area contributed by atoms with Crippen LogP contribution in [0.15, 0.2) is 146 Å². The van der Waals surface area contributed by atoms with E-state index in [0.29, 0.717) is 0 Å². The standard InChI is InChI=1S/C33H28N2/c1-25(26-14-6-2-7-15-26)34-33(29-20-12-5-13-21-29)35-30-22-23-31(27-16-8-3-9-17-27)32(24-30)28-18-10-4-11-19-28/h2-24,33-35H,1H2. The van der Waals surface area contributed by atoms with Crippen molar-refractivity contribution in [1.82, 2.24) is 5.32 Å². The van der Waals surface area contributed by atoms with E-state index in [0.717, 1.165) is 22.5 Å². The van der Waals surface area contributed by atoms with E-state index in [9.17, 15) is 0 Å². The fraction of sp³-hybridized carbons (Fsp3) is 0.0303. The topological polar surface area (TPSA) is 24.1 Å². The first kappa shape index (κ1) is 22.2. The molecular weight excluding hydrogens is 424 g/mol. The fourth-order valence-electron chi connectivity index (χ4n) is 4.27. The Morgan fingerprint density at radius 3 is 1.66 bits per heavy atom. The largest absolute Gasteiger partial charge is 0.362 e. The van der Waals surface area contributed by atoms with Gasteiger partial charge in [-0.15, -0.1) is 0 Å². The molecule has 0 fully saturated rings. The van der Waals surface area contributed by atoms with Gasteiger partial charge in [0.1, 0.15) is 6.17 Å². The smallest absolute Gasteiger partial charge is 0.123 e. The lowest BCUT2D eigenvalue weighted by molar-refractivity contribution is 0.718. The molecule has 1 atom stereocenters. The molecule has 2 nitrogen and oxygen atoms in total. The molecular formula is C33H28N2. The molecule has 0 saturated carbocycles. The van der Waals surface area contributed by atoms with Crippen molar-refractivity contribution in [3.8, 4) is 22.3 Å². The molecule has 170 valence electrons. The minimum Gasteiger partial charge on any atom is -0.362 e. The SMILES string of the molecule is C=C(NC(Nc1ccc(-c2ccccc2)c(-c2ccccc2)c1)c1ccccc1)c1ccccc1. The van der Waals surface area contributed by atoms with E-state index in [2.05, 4.69) is 132 Å². The van der Waals surface area contributed by atoms with Crippen LogP contribution in [0.25, 0.3) is 28.0 Å². The van der Waals surface area contributed by atoms with Crippen molar-refractivity contribution in [3.05, 3.63) is 157 Å². The average Bonchev–Trinajstić information content (AvgIpc) is 2.94. The monoisotopic (exact) mass is 452 g/mol. The maximum absolute atomic E-state index is 4.30. The van der Waals surface area contributed by atoms with Gasteiger partial charge in [-0.25, -0.2) is 0 Å². The molecule has 0 spiro atoms. The van der Waals surface area contributed by atoms with Crippen LogP contribution < -0.4 is 10.6 Å². The summed E-state index contributed by atoms with van der Waals surface area (Å²) in [7, 11) is 0. The first-order valence-corrected chi connectivity index (χ1v) is 11.9. The Morgan fingerprint density at radius 1 is 0.543 bits per heavy atom. The third-order valence-corrected chi connectivity index (χ3v) is 6.07. The van der Waals surface area contributed by atoms with Crippen LogP contribution in [0.3, 0.4) is 0 Å². The van der Waals surface area contributed by atoms with E-state index in [4.69, 9.17) is 0 Å². The lowest BCUT2D eigenvalue weighted by Crippen LogP contribution is -2.26. The zero-order valence-electron chi connectivity index (χ0n) is 19.6. The van der Waals surface area contributed by atoms with Gasteiger partial charge < -0.3 is 10.6 Å². The molecule has 35 heavy (non-hydrogen) atoms. The average molecular weight is 453 g/mol. The highest BCUT2D eigenvalue weighted by molar-refractivity contribution is 5.85. The number of hydrogen-bond acceptors (Lipinski definition) is 2. The third kappa shape index (κ3) is 5.34. The first-order valence-electron chi connectivity index (χ1n) is 11.9.